The number of alkyl halides is 3. The topological polar surface area (TPSA) is 44.8 Å². The van der Waals surface area contributed by atoms with Crippen molar-refractivity contribution in [1.29, 1.82) is 0 Å². The zero-order chi connectivity index (χ0) is 24.5. The molecule has 0 bridgehead atoms. The van der Waals surface area contributed by atoms with E-state index in [1.165, 1.54) is 24.3 Å². The highest BCUT2D eigenvalue weighted by molar-refractivity contribution is 5.93. The minimum absolute atomic E-state index is 0.248. The smallest absolute Gasteiger partial charge is 0.432 e. The minimum Gasteiger partial charge on any atom is -0.497 e. The van der Waals surface area contributed by atoms with E-state index < -0.39 is 23.9 Å². The number of esters is 1. The van der Waals surface area contributed by atoms with Gasteiger partial charge >= 0.3 is 12.1 Å². The first kappa shape index (κ1) is 23.8. The highest BCUT2D eigenvalue weighted by Gasteiger charge is 2.64. The molecule has 4 rings (SSSR count). The van der Waals surface area contributed by atoms with Crippen LogP contribution in [0.25, 0.3) is 16.8 Å². The molecule has 34 heavy (non-hydrogen) atoms. The van der Waals surface area contributed by atoms with Gasteiger partial charge in [0, 0.05) is 18.6 Å². The number of hydrogen-bond donors (Lipinski definition) is 0. The van der Waals surface area contributed by atoms with Crippen LogP contribution in [0.5, 0.6) is 5.75 Å². The molecule has 1 saturated carbocycles. The van der Waals surface area contributed by atoms with E-state index in [1.54, 1.807) is 19.3 Å². The number of ether oxygens (including phenoxy) is 3. The number of methoxy groups -OCH3 is 2. The van der Waals surface area contributed by atoms with Crippen molar-refractivity contribution in [3.05, 3.63) is 83.9 Å². The summed E-state index contributed by atoms with van der Waals surface area (Å²) in [5.41, 5.74) is -1.78. The van der Waals surface area contributed by atoms with Crippen molar-refractivity contribution in [1.82, 2.24) is 0 Å². The van der Waals surface area contributed by atoms with Crippen LogP contribution >= 0.6 is 0 Å². The summed E-state index contributed by atoms with van der Waals surface area (Å²) in [5.74, 6) is -0.995. The van der Waals surface area contributed by atoms with Crippen molar-refractivity contribution in [3.63, 3.8) is 0 Å². The molecule has 1 fully saturated rings. The van der Waals surface area contributed by atoms with Gasteiger partial charge in [-0.2, -0.15) is 13.2 Å². The highest BCUT2D eigenvalue weighted by Crippen LogP contribution is 2.47. The van der Waals surface area contributed by atoms with E-state index in [0.717, 1.165) is 34.8 Å². The van der Waals surface area contributed by atoms with Crippen LogP contribution < -0.4 is 4.74 Å². The highest BCUT2D eigenvalue weighted by atomic mass is 19.4. The fourth-order valence-electron chi connectivity index (χ4n) is 4.60. The zero-order valence-corrected chi connectivity index (χ0v) is 18.9. The van der Waals surface area contributed by atoms with Crippen molar-refractivity contribution >= 4 is 22.8 Å². The van der Waals surface area contributed by atoms with Crippen molar-refractivity contribution in [2.45, 2.75) is 36.6 Å². The zero-order valence-electron chi connectivity index (χ0n) is 18.9. The quantitative estimate of drug-likeness (QED) is 0.376. The third kappa shape index (κ3) is 3.84. The Labute approximate surface area is 195 Å². The predicted molar refractivity (Wildman–Crippen MR) is 124 cm³/mol. The number of carbonyl (C=O) groups is 1. The molecule has 0 spiro atoms. The average molecular weight is 470 g/mol. The van der Waals surface area contributed by atoms with Crippen LogP contribution in [0, 0.1) is 0 Å². The summed E-state index contributed by atoms with van der Waals surface area (Å²) in [4.78, 5) is 13.1. The normalized spacial score (nSPS) is 19.7. The number of benzene rings is 3. The maximum atomic E-state index is 14.2. The molecule has 7 heteroatoms. The van der Waals surface area contributed by atoms with Crippen LogP contribution in [0.1, 0.15) is 35.4 Å². The van der Waals surface area contributed by atoms with Crippen molar-refractivity contribution in [3.8, 4) is 5.75 Å². The Morgan fingerprint density at radius 1 is 1.03 bits per heavy atom. The molecule has 3 aromatic rings. The second-order valence-electron chi connectivity index (χ2n) is 8.24. The van der Waals surface area contributed by atoms with Gasteiger partial charge in [-0.15, -0.1) is 0 Å². The lowest BCUT2D eigenvalue weighted by molar-refractivity contribution is -0.279. The second kappa shape index (κ2) is 9.14. The summed E-state index contributed by atoms with van der Waals surface area (Å²) in [6.45, 7) is 3.93. The largest absolute Gasteiger partial charge is 0.497 e. The molecule has 0 saturated heterocycles. The van der Waals surface area contributed by atoms with Gasteiger partial charge in [-0.3, -0.25) is 0 Å². The van der Waals surface area contributed by atoms with E-state index >= 15 is 0 Å². The fraction of sp³-hybridized carbons (Fsp3) is 0.296. The Morgan fingerprint density at radius 3 is 2.32 bits per heavy atom. The molecular weight excluding hydrogens is 445 g/mol. The molecule has 1 aliphatic carbocycles. The second-order valence-corrected chi connectivity index (χ2v) is 8.24. The standard InChI is InChI=1S/C27H25F3O4/c1-4-20-21-13-11-19(32-2)16-17(21)10-12-22(20)23-14-15-24(23)34-25(31)26(33-3,27(28,29)30)18-8-6-5-7-9-18/h4-13,16,23-24H,1,14-15H2,2-3H3/t23-,24+,26+/m0/s1. The molecule has 0 radical (unpaired) electrons. The van der Waals surface area contributed by atoms with E-state index in [2.05, 4.69) is 6.58 Å². The number of rotatable bonds is 7. The monoisotopic (exact) mass is 470 g/mol. The van der Waals surface area contributed by atoms with Gasteiger partial charge in [0.25, 0.3) is 5.60 Å². The van der Waals surface area contributed by atoms with Gasteiger partial charge in [-0.05, 0) is 46.9 Å². The predicted octanol–water partition coefficient (Wildman–Crippen LogP) is 6.38. The van der Waals surface area contributed by atoms with Gasteiger partial charge < -0.3 is 14.2 Å². The van der Waals surface area contributed by atoms with Gasteiger partial charge in [0.05, 0.1) is 7.11 Å². The van der Waals surface area contributed by atoms with Gasteiger partial charge in [-0.1, -0.05) is 61.2 Å². The molecule has 3 aromatic carbocycles. The summed E-state index contributed by atoms with van der Waals surface area (Å²) in [6, 6.07) is 16.3. The van der Waals surface area contributed by atoms with E-state index in [-0.39, 0.29) is 11.5 Å². The third-order valence-corrected chi connectivity index (χ3v) is 6.55. The Bertz CT molecular complexity index is 1210. The number of hydrogen-bond acceptors (Lipinski definition) is 4. The summed E-state index contributed by atoms with van der Waals surface area (Å²) >= 11 is 0. The molecule has 0 aliphatic heterocycles. The van der Waals surface area contributed by atoms with Gasteiger partial charge in [0.1, 0.15) is 11.9 Å². The van der Waals surface area contributed by atoms with Crippen LogP contribution in [0.3, 0.4) is 0 Å². The van der Waals surface area contributed by atoms with E-state index in [0.29, 0.717) is 12.8 Å². The van der Waals surface area contributed by atoms with Crippen LogP contribution in [-0.4, -0.2) is 32.5 Å². The SMILES string of the molecule is C=Cc1c([C@@H]2CC[C@H]2OC(=O)[C@](OC)(c2ccccc2)C(F)(F)F)ccc2cc(OC)ccc12. The lowest BCUT2D eigenvalue weighted by Gasteiger charge is -2.40. The van der Waals surface area contributed by atoms with Crippen LogP contribution in [0.15, 0.2) is 67.2 Å². The summed E-state index contributed by atoms with van der Waals surface area (Å²) in [7, 11) is 2.46. The Kier molecular flexibility index (Phi) is 6.41. The lowest BCUT2D eigenvalue weighted by Crippen LogP contribution is -2.53. The van der Waals surface area contributed by atoms with Crippen molar-refractivity contribution in [2.24, 2.45) is 0 Å². The van der Waals surface area contributed by atoms with Gasteiger partial charge in [0.2, 0.25) is 0 Å². The molecule has 0 heterocycles. The van der Waals surface area contributed by atoms with E-state index in [4.69, 9.17) is 14.2 Å². The van der Waals surface area contributed by atoms with E-state index in [9.17, 15) is 18.0 Å². The molecule has 4 nitrogen and oxygen atoms in total. The number of carbonyl (C=O) groups excluding carboxylic acids is 1. The number of halogens is 3. The fourth-order valence-corrected chi connectivity index (χ4v) is 4.60. The van der Waals surface area contributed by atoms with Crippen LogP contribution in [0.4, 0.5) is 13.2 Å². The lowest BCUT2D eigenvalue weighted by atomic mass is 9.74. The van der Waals surface area contributed by atoms with Crippen molar-refractivity contribution < 1.29 is 32.2 Å². The Balaban J connectivity index is 1.66. The number of fused-ring (bicyclic) bond motifs is 1. The molecular formula is C27H25F3O4. The summed E-state index contributed by atoms with van der Waals surface area (Å²) in [6.07, 6.45) is -2.85. The summed E-state index contributed by atoms with van der Waals surface area (Å²) < 4.78 is 58.3. The first-order valence-corrected chi connectivity index (χ1v) is 10.9. The molecule has 0 aromatic heterocycles. The van der Waals surface area contributed by atoms with Crippen LogP contribution in [-0.2, 0) is 19.9 Å². The molecule has 0 amide bonds. The Morgan fingerprint density at radius 2 is 1.76 bits per heavy atom. The third-order valence-electron chi connectivity index (χ3n) is 6.55. The Hall–Kier alpha value is -3.32. The summed E-state index contributed by atoms with van der Waals surface area (Å²) in [5, 5.41) is 1.89. The van der Waals surface area contributed by atoms with Crippen molar-refractivity contribution in [2.75, 3.05) is 14.2 Å². The van der Waals surface area contributed by atoms with Crippen LogP contribution in [0.2, 0.25) is 0 Å². The van der Waals surface area contributed by atoms with E-state index in [1.807, 2.05) is 30.3 Å². The average Bonchev–Trinajstić information content (AvgIpc) is 2.82. The maximum Gasteiger partial charge on any atom is 0.432 e. The first-order valence-electron chi connectivity index (χ1n) is 10.9. The molecule has 1 aliphatic rings. The maximum absolute atomic E-state index is 14.2. The molecule has 0 N–H and O–H groups in total. The minimum atomic E-state index is -5.01. The molecule has 0 unspecified atom stereocenters. The van der Waals surface area contributed by atoms with Gasteiger partial charge in [-0.25, -0.2) is 4.79 Å². The molecule has 178 valence electrons. The first-order chi connectivity index (χ1) is 16.3. The van der Waals surface area contributed by atoms with Gasteiger partial charge in [0.15, 0.2) is 0 Å². The molecule has 3 atom stereocenters.